The van der Waals surface area contributed by atoms with Crippen molar-refractivity contribution in [3.63, 3.8) is 0 Å². The highest BCUT2D eigenvalue weighted by atomic mass is 16.6. The van der Waals surface area contributed by atoms with Crippen LogP contribution in [0.25, 0.3) is 0 Å². The van der Waals surface area contributed by atoms with E-state index in [9.17, 15) is 14.9 Å². The second-order valence-electron chi connectivity index (χ2n) is 4.29. The van der Waals surface area contributed by atoms with Gasteiger partial charge in [0.25, 0.3) is 0 Å². The van der Waals surface area contributed by atoms with Crippen molar-refractivity contribution in [2.75, 3.05) is 0 Å². The van der Waals surface area contributed by atoms with Crippen molar-refractivity contribution < 1.29 is 9.72 Å². The first-order valence-corrected chi connectivity index (χ1v) is 5.80. The van der Waals surface area contributed by atoms with Crippen molar-refractivity contribution in [3.8, 4) is 0 Å². The van der Waals surface area contributed by atoms with Crippen LogP contribution in [0.15, 0.2) is 36.5 Å². The van der Waals surface area contributed by atoms with E-state index in [2.05, 4.69) is 5.10 Å². The number of hydrogen-bond donors (Lipinski definition) is 0. The minimum absolute atomic E-state index is 0.0383. The SMILES string of the molecule is Cc1cn(CC(=O)Cc2ccccc2)nc1[N+](=O)[O-]. The van der Waals surface area contributed by atoms with Crippen molar-refractivity contribution >= 4 is 11.6 Å². The highest BCUT2D eigenvalue weighted by Crippen LogP contribution is 2.13. The summed E-state index contributed by atoms with van der Waals surface area (Å²) in [5.74, 6) is -0.240. The molecule has 0 atom stereocenters. The predicted molar refractivity (Wildman–Crippen MR) is 68.8 cm³/mol. The highest BCUT2D eigenvalue weighted by Gasteiger charge is 2.18. The first-order chi connectivity index (χ1) is 9.06. The topological polar surface area (TPSA) is 78.0 Å². The minimum Gasteiger partial charge on any atom is -0.358 e. The molecule has 0 radical (unpaired) electrons. The number of hydrogen-bond acceptors (Lipinski definition) is 4. The average Bonchev–Trinajstić information content (AvgIpc) is 2.71. The summed E-state index contributed by atoms with van der Waals surface area (Å²) < 4.78 is 1.32. The minimum atomic E-state index is -0.548. The summed E-state index contributed by atoms with van der Waals surface area (Å²) in [6, 6.07) is 9.36. The van der Waals surface area contributed by atoms with Gasteiger partial charge in [0.2, 0.25) is 0 Å². The van der Waals surface area contributed by atoms with Crippen LogP contribution in [0, 0.1) is 17.0 Å². The van der Waals surface area contributed by atoms with Crippen LogP contribution in [-0.2, 0) is 17.8 Å². The van der Waals surface area contributed by atoms with E-state index in [1.807, 2.05) is 30.3 Å². The maximum Gasteiger partial charge on any atom is 0.392 e. The lowest BCUT2D eigenvalue weighted by Gasteiger charge is -1.99. The van der Waals surface area contributed by atoms with Gasteiger partial charge in [-0.05, 0) is 17.4 Å². The van der Waals surface area contributed by atoms with Gasteiger partial charge in [-0.3, -0.25) is 4.79 Å². The summed E-state index contributed by atoms with van der Waals surface area (Å²) in [5, 5.41) is 14.4. The summed E-state index contributed by atoms with van der Waals surface area (Å²) in [5.41, 5.74) is 1.38. The van der Waals surface area contributed by atoms with Crippen LogP contribution < -0.4 is 0 Å². The molecule has 6 nitrogen and oxygen atoms in total. The van der Waals surface area contributed by atoms with E-state index in [1.165, 1.54) is 10.9 Å². The number of ketones is 1. The zero-order valence-corrected chi connectivity index (χ0v) is 10.4. The van der Waals surface area contributed by atoms with Gasteiger partial charge in [-0.15, -0.1) is 0 Å². The lowest BCUT2D eigenvalue weighted by molar-refractivity contribution is -0.390. The van der Waals surface area contributed by atoms with Crippen LogP contribution in [0.5, 0.6) is 0 Å². The number of Topliss-reactive ketones (excluding diaryl/α,β-unsaturated/α-hetero) is 1. The van der Waals surface area contributed by atoms with Crippen molar-refractivity contribution in [2.24, 2.45) is 0 Å². The van der Waals surface area contributed by atoms with Gasteiger partial charge in [0.05, 0.1) is 16.9 Å². The van der Waals surface area contributed by atoms with Gasteiger partial charge in [-0.25, -0.2) is 0 Å². The van der Waals surface area contributed by atoms with E-state index in [0.29, 0.717) is 12.0 Å². The third kappa shape index (κ3) is 3.25. The lowest BCUT2D eigenvalue weighted by Crippen LogP contribution is -2.13. The molecule has 0 saturated heterocycles. The number of benzene rings is 1. The molecule has 0 aliphatic heterocycles. The Hall–Kier alpha value is -2.50. The van der Waals surface area contributed by atoms with Gasteiger partial charge in [-0.2, -0.15) is 4.68 Å². The summed E-state index contributed by atoms with van der Waals surface area (Å²) >= 11 is 0. The van der Waals surface area contributed by atoms with Gasteiger partial charge < -0.3 is 10.1 Å². The number of nitrogens with zero attached hydrogens (tertiary/aromatic N) is 3. The third-order valence-electron chi connectivity index (χ3n) is 2.67. The second kappa shape index (κ2) is 5.43. The van der Waals surface area contributed by atoms with E-state index >= 15 is 0 Å². The maximum atomic E-state index is 11.8. The summed E-state index contributed by atoms with van der Waals surface area (Å²) in [6.45, 7) is 1.65. The first-order valence-electron chi connectivity index (χ1n) is 5.80. The Balaban J connectivity index is 2.03. The smallest absolute Gasteiger partial charge is 0.358 e. The molecule has 0 N–H and O–H groups in total. The number of nitro groups is 1. The molecule has 1 aromatic heterocycles. The number of carbonyl (C=O) groups excluding carboxylic acids is 1. The van der Waals surface area contributed by atoms with E-state index in [4.69, 9.17) is 0 Å². The summed E-state index contributed by atoms with van der Waals surface area (Å²) in [6.07, 6.45) is 1.81. The molecule has 0 saturated carbocycles. The number of carbonyl (C=O) groups is 1. The molecule has 98 valence electrons. The quantitative estimate of drug-likeness (QED) is 0.607. The van der Waals surface area contributed by atoms with Crippen molar-refractivity contribution in [1.82, 2.24) is 9.78 Å². The van der Waals surface area contributed by atoms with Crippen molar-refractivity contribution in [3.05, 3.63) is 57.8 Å². The van der Waals surface area contributed by atoms with Gasteiger partial charge >= 0.3 is 5.82 Å². The molecule has 19 heavy (non-hydrogen) atoms. The normalized spacial score (nSPS) is 10.4. The maximum absolute atomic E-state index is 11.8. The fourth-order valence-corrected chi connectivity index (χ4v) is 1.83. The molecule has 0 aliphatic rings. The van der Waals surface area contributed by atoms with Gasteiger partial charge in [0.1, 0.15) is 6.54 Å². The Morgan fingerprint density at radius 1 is 1.37 bits per heavy atom. The van der Waals surface area contributed by atoms with E-state index in [1.54, 1.807) is 6.92 Å². The van der Waals surface area contributed by atoms with Crippen LogP contribution in [-0.4, -0.2) is 20.5 Å². The molecule has 0 fully saturated rings. The Morgan fingerprint density at radius 2 is 2.05 bits per heavy atom. The molecule has 0 unspecified atom stereocenters. The lowest BCUT2D eigenvalue weighted by atomic mass is 10.1. The number of aromatic nitrogens is 2. The predicted octanol–water partition coefficient (Wildman–Crippen LogP) is 1.91. The second-order valence-corrected chi connectivity index (χ2v) is 4.29. The molecular formula is C13H13N3O3. The zero-order valence-electron chi connectivity index (χ0n) is 10.4. The highest BCUT2D eigenvalue weighted by molar-refractivity contribution is 5.80. The molecule has 1 heterocycles. The molecule has 6 heteroatoms. The monoisotopic (exact) mass is 259 g/mol. The number of rotatable bonds is 5. The van der Waals surface area contributed by atoms with E-state index in [-0.39, 0.29) is 18.1 Å². The molecule has 0 aliphatic carbocycles. The van der Waals surface area contributed by atoms with E-state index in [0.717, 1.165) is 5.56 Å². The van der Waals surface area contributed by atoms with Crippen molar-refractivity contribution in [1.29, 1.82) is 0 Å². The Labute approximate surface area is 109 Å². The largest absolute Gasteiger partial charge is 0.392 e. The van der Waals surface area contributed by atoms with Gasteiger partial charge in [0.15, 0.2) is 5.78 Å². The van der Waals surface area contributed by atoms with E-state index < -0.39 is 4.92 Å². The molecule has 0 bridgehead atoms. The molecule has 0 spiro atoms. The van der Waals surface area contributed by atoms with Crippen molar-refractivity contribution in [2.45, 2.75) is 19.9 Å². The molecule has 2 aromatic rings. The zero-order chi connectivity index (χ0) is 13.8. The fourth-order valence-electron chi connectivity index (χ4n) is 1.83. The molecule has 1 aromatic carbocycles. The standard InChI is InChI=1S/C13H13N3O3/c1-10-8-15(14-13(10)16(18)19)9-12(17)7-11-5-3-2-4-6-11/h2-6,8H,7,9H2,1H3. The van der Waals surface area contributed by atoms with Gasteiger partial charge in [0, 0.05) is 6.42 Å². The fraction of sp³-hybridized carbons (Fsp3) is 0.231. The van der Waals surface area contributed by atoms with Crippen LogP contribution in [0.3, 0.4) is 0 Å². The van der Waals surface area contributed by atoms with Crippen LogP contribution in [0.4, 0.5) is 5.82 Å². The Kier molecular flexibility index (Phi) is 3.70. The third-order valence-corrected chi connectivity index (χ3v) is 2.67. The summed E-state index contributed by atoms with van der Waals surface area (Å²) in [7, 11) is 0. The van der Waals surface area contributed by atoms with Crippen LogP contribution in [0.1, 0.15) is 11.1 Å². The van der Waals surface area contributed by atoms with Gasteiger partial charge in [-0.1, -0.05) is 30.3 Å². The molecular weight excluding hydrogens is 246 g/mol. The van der Waals surface area contributed by atoms with Crippen LogP contribution >= 0.6 is 0 Å². The average molecular weight is 259 g/mol. The Morgan fingerprint density at radius 3 is 2.63 bits per heavy atom. The Bertz CT molecular complexity index is 605. The molecule has 2 rings (SSSR count). The first kappa shape index (κ1) is 12.9. The number of aryl methyl sites for hydroxylation is 1. The molecule has 0 amide bonds. The van der Waals surface area contributed by atoms with Crippen LogP contribution in [0.2, 0.25) is 0 Å². The summed E-state index contributed by atoms with van der Waals surface area (Å²) in [4.78, 5) is 22.0.